The van der Waals surface area contributed by atoms with Crippen LogP contribution in [0.15, 0.2) is 129 Å². The molecule has 0 fully saturated rings. The highest BCUT2D eigenvalue weighted by molar-refractivity contribution is 8.34. The maximum atomic E-state index is 2.42. The fourth-order valence-electron chi connectivity index (χ4n) is 5.18. The third kappa shape index (κ3) is 2.69. The van der Waals surface area contributed by atoms with Gasteiger partial charge in [-0.05, 0) is 58.4 Å². The highest BCUT2D eigenvalue weighted by Crippen LogP contribution is 2.78. The molecule has 4 aromatic rings. The number of benzene rings is 4. The second-order valence-corrected chi connectivity index (χ2v) is 12.5. The van der Waals surface area contributed by atoms with Crippen LogP contribution in [0, 0.1) is 0 Å². The Kier molecular flexibility index (Phi) is 4.64. The molecule has 0 atom stereocenters. The summed E-state index contributed by atoms with van der Waals surface area (Å²) >= 11 is 0. The molecule has 31 heavy (non-hydrogen) atoms. The largest absolute Gasteiger partial charge is 0.132 e. The van der Waals surface area contributed by atoms with E-state index in [1.165, 1.54) is 30.7 Å². The summed E-state index contributed by atoms with van der Waals surface area (Å²) in [5.41, 5.74) is 2.86. The zero-order chi connectivity index (χ0) is 21.7. The molecule has 1 aliphatic heterocycles. The Hall–Kier alpha value is -2.77. The summed E-state index contributed by atoms with van der Waals surface area (Å²) in [5.74, 6) is 0. The summed E-state index contributed by atoms with van der Waals surface area (Å²) in [6.45, 7) is 9.70. The second-order valence-electron chi connectivity index (χ2n) is 9.48. The minimum Gasteiger partial charge on any atom is -0.132 e. The van der Waals surface area contributed by atoms with Gasteiger partial charge in [-0.25, -0.2) is 0 Å². The molecule has 0 aliphatic carbocycles. The SMILES string of the molecule is CC1(C)c2ccccc2S(c2ccccc2)(c2ccccc2)c2ccccc2C1(C)C. The van der Waals surface area contributed by atoms with Crippen LogP contribution in [0.5, 0.6) is 0 Å². The Balaban J connectivity index is 2.08. The first-order valence-electron chi connectivity index (χ1n) is 11.0. The maximum Gasteiger partial charge on any atom is 0.00609 e. The van der Waals surface area contributed by atoms with E-state index in [1.807, 2.05) is 0 Å². The molecule has 4 aromatic carbocycles. The molecule has 1 heterocycles. The summed E-state index contributed by atoms with van der Waals surface area (Å²) in [4.78, 5) is 5.73. The molecule has 0 bridgehead atoms. The highest BCUT2D eigenvalue weighted by atomic mass is 32.3. The predicted molar refractivity (Wildman–Crippen MR) is 132 cm³/mol. The standard InChI is InChI=1S/C30H30S/c1-29(2)25-19-11-13-21-27(25)31(23-15-7-5-8-16-23,24-17-9-6-10-18-24)28-22-14-12-20-26(28)30(29,3)4/h5-22H,1-4H3. The fourth-order valence-corrected chi connectivity index (χ4v) is 9.71. The molecule has 5 rings (SSSR count). The van der Waals surface area contributed by atoms with Gasteiger partial charge in [0, 0.05) is 19.6 Å². The van der Waals surface area contributed by atoms with Gasteiger partial charge in [0.2, 0.25) is 0 Å². The Labute approximate surface area is 188 Å². The van der Waals surface area contributed by atoms with Crippen LogP contribution in [-0.4, -0.2) is 0 Å². The Bertz CT molecular complexity index is 1120. The van der Waals surface area contributed by atoms with Gasteiger partial charge in [-0.1, -0.05) is 100 Å². The minimum absolute atomic E-state index is 0.0298. The topological polar surface area (TPSA) is 0 Å². The third-order valence-corrected chi connectivity index (χ3v) is 11.5. The number of hydrogen-bond donors (Lipinski definition) is 0. The quantitative estimate of drug-likeness (QED) is 0.303. The van der Waals surface area contributed by atoms with Crippen molar-refractivity contribution in [2.45, 2.75) is 58.1 Å². The molecule has 0 amide bonds. The van der Waals surface area contributed by atoms with Crippen molar-refractivity contribution in [2.24, 2.45) is 0 Å². The van der Waals surface area contributed by atoms with Gasteiger partial charge < -0.3 is 0 Å². The van der Waals surface area contributed by atoms with Crippen molar-refractivity contribution in [3.05, 3.63) is 120 Å². The second kappa shape index (κ2) is 7.14. The average Bonchev–Trinajstić information content (AvgIpc) is 2.86. The first-order chi connectivity index (χ1) is 14.9. The number of hydrogen-bond acceptors (Lipinski definition) is 0. The van der Waals surface area contributed by atoms with Gasteiger partial charge in [-0.2, -0.15) is 0 Å². The molecule has 0 unspecified atom stereocenters. The lowest BCUT2D eigenvalue weighted by Gasteiger charge is -2.43. The van der Waals surface area contributed by atoms with Crippen LogP contribution in [-0.2, 0) is 10.8 Å². The molecular formula is C30H30S. The van der Waals surface area contributed by atoms with Crippen LogP contribution in [0.25, 0.3) is 0 Å². The van der Waals surface area contributed by atoms with E-state index in [-0.39, 0.29) is 10.8 Å². The van der Waals surface area contributed by atoms with Crippen molar-refractivity contribution in [3.8, 4) is 0 Å². The van der Waals surface area contributed by atoms with Gasteiger partial charge in [0.1, 0.15) is 0 Å². The Morgan fingerprint density at radius 1 is 0.419 bits per heavy atom. The van der Waals surface area contributed by atoms with E-state index < -0.39 is 10.0 Å². The molecular weight excluding hydrogens is 392 g/mol. The van der Waals surface area contributed by atoms with Crippen LogP contribution in [0.1, 0.15) is 38.8 Å². The first-order valence-corrected chi connectivity index (χ1v) is 12.7. The molecule has 0 radical (unpaired) electrons. The van der Waals surface area contributed by atoms with Crippen LogP contribution in [0.4, 0.5) is 0 Å². The average molecular weight is 423 g/mol. The number of rotatable bonds is 2. The summed E-state index contributed by atoms with van der Waals surface area (Å²) < 4.78 is 0. The van der Waals surface area contributed by atoms with Crippen LogP contribution in [0.3, 0.4) is 0 Å². The lowest BCUT2D eigenvalue weighted by Crippen LogP contribution is -2.40. The monoisotopic (exact) mass is 422 g/mol. The molecule has 0 nitrogen and oxygen atoms in total. The van der Waals surface area contributed by atoms with Crippen LogP contribution >= 0.6 is 10.0 Å². The molecule has 1 heteroatoms. The van der Waals surface area contributed by atoms with Gasteiger partial charge in [-0.15, -0.1) is 10.0 Å². The van der Waals surface area contributed by atoms with Crippen molar-refractivity contribution in [2.75, 3.05) is 0 Å². The van der Waals surface area contributed by atoms with Gasteiger partial charge in [0.15, 0.2) is 0 Å². The molecule has 0 aromatic heterocycles. The lowest BCUT2D eigenvalue weighted by atomic mass is 9.61. The summed E-state index contributed by atoms with van der Waals surface area (Å²) in [7, 11) is -1.65. The summed E-state index contributed by atoms with van der Waals surface area (Å²) in [6, 6.07) is 40.8. The van der Waals surface area contributed by atoms with Crippen molar-refractivity contribution >= 4 is 10.0 Å². The summed E-state index contributed by atoms with van der Waals surface area (Å²) in [6.07, 6.45) is 0. The normalized spacial score (nSPS) is 18.8. The van der Waals surface area contributed by atoms with E-state index in [2.05, 4.69) is 137 Å². The summed E-state index contributed by atoms with van der Waals surface area (Å²) in [5, 5.41) is 0. The van der Waals surface area contributed by atoms with E-state index >= 15 is 0 Å². The molecule has 1 aliphatic rings. The fraction of sp³-hybridized carbons (Fsp3) is 0.200. The van der Waals surface area contributed by atoms with Crippen molar-refractivity contribution in [1.29, 1.82) is 0 Å². The molecule has 0 N–H and O–H groups in total. The van der Waals surface area contributed by atoms with Gasteiger partial charge >= 0.3 is 0 Å². The zero-order valence-electron chi connectivity index (χ0n) is 18.8. The van der Waals surface area contributed by atoms with Gasteiger partial charge in [0.25, 0.3) is 0 Å². The molecule has 156 valence electrons. The minimum atomic E-state index is -1.65. The smallest absolute Gasteiger partial charge is 0.00609 e. The van der Waals surface area contributed by atoms with E-state index in [1.54, 1.807) is 0 Å². The maximum absolute atomic E-state index is 2.42. The highest BCUT2D eigenvalue weighted by Gasteiger charge is 2.50. The molecule has 0 saturated heterocycles. The number of fused-ring (bicyclic) bond motifs is 2. The Morgan fingerprint density at radius 3 is 1.13 bits per heavy atom. The first kappa shape index (κ1) is 20.2. The van der Waals surface area contributed by atoms with E-state index in [9.17, 15) is 0 Å². The van der Waals surface area contributed by atoms with Gasteiger partial charge in [0.05, 0.1) is 0 Å². The molecule has 0 saturated carbocycles. The third-order valence-electron chi connectivity index (χ3n) is 7.54. The van der Waals surface area contributed by atoms with Crippen molar-refractivity contribution in [3.63, 3.8) is 0 Å². The van der Waals surface area contributed by atoms with Crippen LogP contribution < -0.4 is 0 Å². The van der Waals surface area contributed by atoms with E-state index in [4.69, 9.17) is 0 Å². The van der Waals surface area contributed by atoms with Gasteiger partial charge in [-0.3, -0.25) is 0 Å². The Morgan fingerprint density at radius 2 is 0.742 bits per heavy atom. The van der Waals surface area contributed by atoms with Crippen molar-refractivity contribution < 1.29 is 0 Å². The zero-order valence-corrected chi connectivity index (χ0v) is 19.6. The predicted octanol–water partition coefficient (Wildman–Crippen LogP) is 8.60. The van der Waals surface area contributed by atoms with Crippen LogP contribution in [0.2, 0.25) is 0 Å². The van der Waals surface area contributed by atoms with Crippen molar-refractivity contribution in [1.82, 2.24) is 0 Å². The van der Waals surface area contributed by atoms with E-state index in [0.717, 1.165) is 0 Å². The molecule has 0 spiro atoms. The van der Waals surface area contributed by atoms with E-state index in [0.29, 0.717) is 0 Å². The lowest BCUT2D eigenvalue weighted by molar-refractivity contribution is 0.296.